The Balaban J connectivity index is 1.97. The van der Waals surface area contributed by atoms with E-state index in [1.165, 1.54) is 12.1 Å². The third-order valence-electron chi connectivity index (χ3n) is 3.07. The molecule has 3 nitrogen and oxygen atoms in total. The second-order valence-electron chi connectivity index (χ2n) is 4.81. The Hall–Kier alpha value is -2.10. The van der Waals surface area contributed by atoms with E-state index in [1.807, 2.05) is 19.3 Å². The molecule has 106 valence electrons. The molecule has 0 aliphatic carbocycles. The predicted molar refractivity (Wildman–Crippen MR) is 81.5 cm³/mol. The molecule has 1 aromatic carbocycles. The number of aromatic nitrogens is 1. The van der Waals surface area contributed by atoms with E-state index < -0.39 is 0 Å². The summed E-state index contributed by atoms with van der Waals surface area (Å²) in [6.45, 7) is 3.80. The summed E-state index contributed by atoms with van der Waals surface area (Å²) in [4.78, 5) is 6.44. The summed E-state index contributed by atoms with van der Waals surface area (Å²) < 4.78 is 12.9. The van der Waals surface area contributed by atoms with Crippen LogP contribution in [0.15, 0.2) is 42.6 Å². The Bertz CT molecular complexity index is 522. The molecule has 0 radical (unpaired) electrons. The van der Waals surface area contributed by atoms with Crippen molar-refractivity contribution in [3.63, 3.8) is 0 Å². The molecule has 1 aromatic heterocycles. The van der Waals surface area contributed by atoms with Crippen molar-refractivity contribution in [1.82, 2.24) is 4.98 Å². The molecule has 0 unspecified atom stereocenters. The van der Waals surface area contributed by atoms with Crippen molar-refractivity contribution in [2.45, 2.75) is 19.9 Å². The van der Waals surface area contributed by atoms with Gasteiger partial charge in [-0.1, -0.05) is 13.0 Å². The number of rotatable bonds is 6. The van der Waals surface area contributed by atoms with Crippen LogP contribution in [0.2, 0.25) is 0 Å². The topological polar surface area (TPSA) is 28.2 Å². The SMILES string of the molecule is CCCNc1ccc(CN(C)c2ccc(F)cc2)cn1. The van der Waals surface area contributed by atoms with Crippen LogP contribution >= 0.6 is 0 Å². The van der Waals surface area contributed by atoms with Crippen LogP contribution in [0.25, 0.3) is 0 Å². The molecule has 2 rings (SSSR count). The molecule has 0 saturated heterocycles. The maximum Gasteiger partial charge on any atom is 0.125 e. The fraction of sp³-hybridized carbons (Fsp3) is 0.312. The number of hydrogen-bond acceptors (Lipinski definition) is 3. The summed E-state index contributed by atoms with van der Waals surface area (Å²) in [7, 11) is 1.98. The molecule has 1 N–H and O–H groups in total. The largest absolute Gasteiger partial charge is 0.370 e. The minimum absolute atomic E-state index is 0.213. The van der Waals surface area contributed by atoms with Gasteiger partial charge in [0.1, 0.15) is 11.6 Å². The van der Waals surface area contributed by atoms with Crippen molar-refractivity contribution >= 4 is 11.5 Å². The van der Waals surface area contributed by atoms with Gasteiger partial charge in [0, 0.05) is 32.0 Å². The van der Waals surface area contributed by atoms with Crippen LogP contribution in [0.4, 0.5) is 15.9 Å². The fourth-order valence-corrected chi connectivity index (χ4v) is 1.94. The van der Waals surface area contributed by atoms with Crippen molar-refractivity contribution in [1.29, 1.82) is 0 Å². The van der Waals surface area contributed by atoms with Crippen LogP contribution in [0.3, 0.4) is 0 Å². The molecule has 2 aromatic rings. The minimum Gasteiger partial charge on any atom is -0.370 e. The van der Waals surface area contributed by atoms with Crippen molar-refractivity contribution < 1.29 is 4.39 Å². The third kappa shape index (κ3) is 3.95. The van der Waals surface area contributed by atoms with Crippen molar-refractivity contribution in [2.75, 3.05) is 23.8 Å². The van der Waals surface area contributed by atoms with Gasteiger partial charge in [-0.3, -0.25) is 0 Å². The quantitative estimate of drug-likeness (QED) is 0.870. The Kier molecular flexibility index (Phi) is 4.93. The number of nitrogens with one attached hydrogen (secondary N) is 1. The number of halogens is 1. The van der Waals surface area contributed by atoms with E-state index in [1.54, 1.807) is 12.1 Å². The van der Waals surface area contributed by atoms with Gasteiger partial charge in [0.25, 0.3) is 0 Å². The minimum atomic E-state index is -0.213. The van der Waals surface area contributed by atoms with Gasteiger partial charge in [-0.15, -0.1) is 0 Å². The van der Waals surface area contributed by atoms with E-state index in [9.17, 15) is 4.39 Å². The molecule has 0 saturated carbocycles. The number of benzene rings is 1. The Morgan fingerprint density at radius 3 is 2.50 bits per heavy atom. The van der Waals surface area contributed by atoms with E-state index in [0.29, 0.717) is 0 Å². The zero-order valence-electron chi connectivity index (χ0n) is 11.9. The highest BCUT2D eigenvalue weighted by atomic mass is 19.1. The van der Waals surface area contributed by atoms with Crippen molar-refractivity contribution in [2.24, 2.45) is 0 Å². The highest BCUT2D eigenvalue weighted by molar-refractivity contribution is 5.46. The number of anilines is 2. The molecule has 0 bridgehead atoms. The summed E-state index contributed by atoms with van der Waals surface area (Å²) in [5.41, 5.74) is 2.11. The van der Waals surface area contributed by atoms with Crippen molar-refractivity contribution in [3.8, 4) is 0 Å². The lowest BCUT2D eigenvalue weighted by Crippen LogP contribution is -2.16. The molecule has 20 heavy (non-hydrogen) atoms. The first kappa shape index (κ1) is 14.3. The standard InChI is InChI=1S/C16H20FN3/c1-3-10-18-16-9-4-13(11-19-16)12-20(2)15-7-5-14(17)6-8-15/h4-9,11H,3,10,12H2,1-2H3,(H,18,19). The van der Waals surface area contributed by atoms with E-state index in [2.05, 4.69) is 28.2 Å². The number of pyridine rings is 1. The van der Waals surface area contributed by atoms with Gasteiger partial charge in [0.15, 0.2) is 0 Å². The average Bonchev–Trinajstić information content (AvgIpc) is 2.47. The van der Waals surface area contributed by atoms with Gasteiger partial charge in [-0.25, -0.2) is 9.37 Å². The lowest BCUT2D eigenvalue weighted by Gasteiger charge is -2.19. The first-order valence-corrected chi connectivity index (χ1v) is 6.84. The van der Waals surface area contributed by atoms with E-state index in [0.717, 1.165) is 36.6 Å². The molecule has 4 heteroatoms. The fourth-order valence-electron chi connectivity index (χ4n) is 1.94. The summed E-state index contributed by atoms with van der Waals surface area (Å²) >= 11 is 0. The Morgan fingerprint density at radius 1 is 1.15 bits per heavy atom. The van der Waals surface area contributed by atoms with Gasteiger partial charge in [0.2, 0.25) is 0 Å². The summed E-state index contributed by atoms with van der Waals surface area (Å²) in [6, 6.07) is 10.6. The summed E-state index contributed by atoms with van der Waals surface area (Å²) in [5, 5.41) is 3.25. The van der Waals surface area contributed by atoms with Gasteiger partial charge in [-0.05, 0) is 42.3 Å². The molecular weight excluding hydrogens is 253 g/mol. The molecule has 0 fully saturated rings. The normalized spacial score (nSPS) is 10.3. The lowest BCUT2D eigenvalue weighted by molar-refractivity contribution is 0.627. The van der Waals surface area contributed by atoms with Gasteiger partial charge >= 0.3 is 0 Å². The molecule has 0 aliphatic rings. The van der Waals surface area contributed by atoms with E-state index in [4.69, 9.17) is 0 Å². The molecule has 0 amide bonds. The van der Waals surface area contributed by atoms with Crippen LogP contribution in [-0.4, -0.2) is 18.6 Å². The average molecular weight is 273 g/mol. The predicted octanol–water partition coefficient (Wildman–Crippen LogP) is 3.68. The lowest BCUT2D eigenvalue weighted by atomic mass is 10.2. The van der Waals surface area contributed by atoms with Gasteiger partial charge in [-0.2, -0.15) is 0 Å². The zero-order valence-corrected chi connectivity index (χ0v) is 11.9. The number of nitrogens with zero attached hydrogens (tertiary/aromatic N) is 2. The molecular formula is C16H20FN3. The zero-order chi connectivity index (χ0) is 14.4. The monoisotopic (exact) mass is 273 g/mol. The van der Waals surface area contributed by atoms with E-state index >= 15 is 0 Å². The van der Waals surface area contributed by atoms with Crippen LogP contribution in [-0.2, 0) is 6.54 Å². The highest BCUT2D eigenvalue weighted by Crippen LogP contribution is 2.16. The van der Waals surface area contributed by atoms with Crippen LogP contribution < -0.4 is 10.2 Å². The van der Waals surface area contributed by atoms with Gasteiger partial charge in [0.05, 0.1) is 0 Å². The molecule has 0 atom stereocenters. The highest BCUT2D eigenvalue weighted by Gasteiger charge is 2.03. The summed E-state index contributed by atoms with van der Waals surface area (Å²) in [5.74, 6) is 0.690. The molecule has 0 aliphatic heterocycles. The summed E-state index contributed by atoms with van der Waals surface area (Å²) in [6.07, 6.45) is 2.95. The molecule has 1 heterocycles. The van der Waals surface area contributed by atoms with Crippen LogP contribution in [0.1, 0.15) is 18.9 Å². The van der Waals surface area contributed by atoms with Crippen molar-refractivity contribution in [3.05, 3.63) is 54.0 Å². The second-order valence-corrected chi connectivity index (χ2v) is 4.81. The number of hydrogen-bond donors (Lipinski definition) is 1. The first-order valence-electron chi connectivity index (χ1n) is 6.84. The maximum atomic E-state index is 12.9. The third-order valence-corrected chi connectivity index (χ3v) is 3.07. The van der Waals surface area contributed by atoms with Crippen LogP contribution in [0, 0.1) is 5.82 Å². The Morgan fingerprint density at radius 2 is 1.90 bits per heavy atom. The first-order chi connectivity index (χ1) is 9.69. The van der Waals surface area contributed by atoms with Crippen LogP contribution in [0.5, 0.6) is 0 Å². The van der Waals surface area contributed by atoms with Gasteiger partial charge < -0.3 is 10.2 Å². The second kappa shape index (κ2) is 6.89. The Labute approximate surface area is 119 Å². The molecule has 0 spiro atoms. The maximum absolute atomic E-state index is 12.9. The van der Waals surface area contributed by atoms with E-state index in [-0.39, 0.29) is 5.82 Å². The smallest absolute Gasteiger partial charge is 0.125 e.